The van der Waals surface area contributed by atoms with Gasteiger partial charge < -0.3 is 4.74 Å². The van der Waals surface area contributed by atoms with E-state index >= 15 is 0 Å². The van der Waals surface area contributed by atoms with Crippen LogP contribution in [-0.2, 0) is 10.1 Å². The number of carbonyl (C=O) groups is 1. The summed E-state index contributed by atoms with van der Waals surface area (Å²) in [5, 5.41) is 0.648. The van der Waals surface area contributed by atoms with E-state index in [-0.39, 0.29) is 5.97 Å². The minimum atomic E-state index is -0.380. The van der Waals surface area contributed by atoms with Crippen molar-refractivity contribution in [2.75, 3.05) is 7.11 Å². The summed E-state index contributed by atoms with van der Waals surface area (Å²) >= 11 is 6.58. The Bertz CT molecular complexity index is 328. The van der Waals surface area contributed by atoms with Crippen molar-refractivity contribution in [2.45, 2.75) is 5.33 Å². The topological polar surface area (TPSA) is 39.2 Å². The second kappa shape index (κ2) is 4.72. The number of halogens is 2. The lowest BCUT2D eigenvalue weighted by molar-refractivity contribution is 0.0600. The van der Waals surface area contributed by atoms with Crippen LogP contribution in [0.3, 0.4) is 0 Å². The molecule has 0 aliphatic heterocycles. The Kier molecular flexibility index (Phi) is 3.87. The summed E-state index contributed by atoms with van der Waals surface area (Å²) in [5.41, 5.74) is 1.30. The summed E-state index contributed by atoms with van der Waals surface area (Å²) in [6, 6.07) is 1.69. The lowest BCUT2D eigenvalue weighted by Crippen LogP contribution is -2.02. The molecule has 1 rings (SSSR count). The van der Waals surface area contributed by atoms with Gasteiger partial charge in [0.2, 0.25) is 0 Å². The first kappa shape index (κ1) is 10.7. The molecule has 5 heteroatoms. The molecule has 0 aliphatic carbocycles. The number of alkyl halides is 1. The standard InChI is InChI=1S/C8H7Br2NO2/c1-13-8(12)5-2-6(10)7(3-9)11-4-5/h2,4H,3H2,1H3. The zero-order chi connectivity index (χ0) is 9.84. The summed E-state index contributed by atoms with van der Waals surface area (Å²) in [4.78, 5) is 15.1. The number of methoxy groups -OCH3 is 1. The maximum absolute atomic E-state index is 11.1. The van der Waals surface area contributed by atoms with Gasteiger partial charge in [-0.25, -0.2) is 4.79 Å². The highest BCUT2D eigenvalue weighted by Gasteiger charge is 2.08. The predicted octanol–water partition coefficient (Wildman–Crippen LogP) is 2.53. The number of carbonyl (C=O) groups excluding carboxylic acids is 1. The molecule has 0 amide bonds. The highest BCUT2D eigenvalue weighted by Crippen LogP contribution is 2.18. The van der Waals surface area contributed by atoms with Gasteiger partial charge in [-0.2, -0.15) is 0 Å². The van der Waals surface area contributed by atoms with E-state index in [1.165, 1.54) is 13.3 Å². The molecule has 1 aromatic heterocycles. The van der Waals surface area contributed by atoms with Crippen molar-refractivity contribution in [3.05, 3.63) is 28.0 Å². The molecule has 0 atom stereocenters. The number of esters is 1. The van der Waals surface area contributed by atoms with Crippen LogP contribution >= 0.6 is 31.9 Å². The van der Waals surface area contributed by atoms with Crippen LogP contribution in [0.4, 0.5) is 0 Å². The number of ether oxygens (including phenoxy) is 1. The molecule has 1 aromatic rings. The number of aromatic nitrogens is 1. The highest BCUT2D eigenvalue weighted by atomic mass is 79.9. The molecule has 70 valence electrons. The number of hydrogen-bond acceptors (Lipinski definition) is 3. The molecule has 0 saturated heterocycles. The van der Waals surface area contributed by atoms with E-state index in [4.69, 9.17) is 0 Å². The third-order valence-corrected chi connectivity index (χ3v) is 2.68. The average molecular weight is 309 g/mol. The molecule has 1 heterocycles. The molecule has 0 bridgehead atoms. The summed E-state index contributed by atoms with van der Waals surface area (Å²) in [5.74, 6) is -0.380. The van der Waals surface area contributed by atoms with Crippen molar-refractivity contribution in [3.63, 3.8) is 0 Å². The molecule has 0 fully saturated rings. The van der Waals surface area contributed by atoms with Crippen LogP contribution in [0, 0.1) is 0 Å². The quantitative estimate of drug-likeness (QED) is 0.622. The van der Waals surface area contributed by atoms with Crippen molar-refractivity contribution < 1.29 is 9.53 Å². The summed E-state index contributed by atoms with van der Waals surface area (Å²) in [6.07, 6.45) is 1.49. The van der Waals surface area contributed by atoms with E-state index in [0.29, 0.717) is 10.9 Å². The first-order valence-corrected chi connectivity index (χ1v) is 5.39. The SMILES string of the molecule is COC(=O)c1cnc(CBr)c(Br)c1. The van der Waals surface area contributed by atoms with Crippen LogP contribution in [0.25, 0.3) is 0 Å². The molecule has 0 radical (unpaired) electrons. The Morgan fingerprint density at radius 1 is 1.69 bits per heavy atom. The van der Waals surface area contributed by atoms with Gasteiger partial charge in [0.25, 0.3) is 0 Å². The zero-order valence-corrected chi connectivity index (χ0v) is 10.1. The van der Waals surface area contributed by atoms with Gasteiger partial charge in [0.05, 0.1) is 18.4 Å². The average Bonchev–Trinajstić information content (AvgIpc) is 2.16. The van der Waals surface area contributed by atoms with Gasteiger partial charge in [-0.3, -0.25) is 4.98 Å². The molecule has 3 nitrogen and oxygen atoms in total. The molecular weight excluding hydrogens is 302 g/mol. The van der Waals surface area contributed by atoms with Crippen molar-refractivity contribution in [3.8, 4) is 0 Å². The van der Waals surface area contributed by atoms with Crippen molar-refractivity contribution in [1.29, 1.82) is 0 Å². The Morgan fingerprint density at radius 3 is 2.85 bits per heavy atom. The maximum atomic E-state index is 11.1. The van der Waals surface area contributed by atoms with Crippen LogP contribution in [0.5, 0.6) is 0 Å². The Balaban J connectivity index is 3.02. The zero-order valence-electron chi connectivity index (χ0n) is 6.88. The van der Waals surface area contributed by atoms with Crippen molar-refractivity contribution in [2.24, 2.45) is 0 Å². The minimum Gasteiger partial charge on any atom is -0.465 e. The van der Waals surface area contributed by atoms with Crippen molar-refractivity contribution >= 4 is 37.8 Å². The molecular formula is C8H7Br2NO2. The maximum Gasteiger partial charge on any atom is 0.339 e. The fourth-order valence-corrected chi connectivity index (χ4v) is 2.11. The lowest BCUT2D eigenvalue weighted by Gasteiger charge is -2.02. The minimum absolute atomic E-state index is 0.380. The number of pyridine rings is 1. The molecule has 0 spiro atoms. The van der Waals surface area contributed by atoms with Gasteiger partial charge in [-0.05, 0) is 22.0 Å². The van der Waals surface area contributed by atoms with Gasteiger partial charge in [-0.15, -0.1) is 0 Å². The van der Waals surface area contributed by atoms with Gasteiger partial charge in [-0.1, -0.05) is 15.9 Å². The second-order valence-electron chi connectivity index (χ2n) is 2.28. The molecule has 0 aromatic carbocycles. The van der Waals surface area contributed by atoms with Crippen LogP contribution in [-0.4, -0.2) is 18.1 Å². The van der Waals surface area contributed by atoms with Gasteiger partial charge in [0.15, 0.2) is 0 Å². The highest BCUT2D eigenvalue weighted by molar-refractivity contribution is 9.10. The normalized spacial score (nSPS) is 9.77. The van der Waals surface area contributed by atoms with Crippen molar-refractivity contribution in [1.82, 2.24) is 4.98 Å². The van der Waals surface area contributed by atoms with Crippen LogP contribution in [0.2, 0.25) is 0 Å². The second-order valence-corrected chi connectivity index (χ2v) is 3.69. The smallest absolute Gasteiger partial charge is 0.339 e. The summed E-state index contributed by atoms with van der Waals surface area (Å²) < 4.78 is 5.35. The fraction of sp³-hybridized carbons (Fsp3) is 0.250. The number of hydrogen-bond donors (Lipinski definition) is 0. The largest absolute Gasteiger partial charge is 0.465 e. The van der Waals surface area contributed by atoms with E-state index in [1.807, 2.05) is 0 Å². The lowest BCUT2D eigenvalue weighted by atomic mass is 10.2. The van der Waals surface area contributed by atoms with Gasteiger partial charge in [0, 0.05) is 16.0 Å². The Morgan fingerprint density at radius 2 is 2.38 bits per heavy atom. The summed E-state index contributed by atoms with van der Waals surface area (Å²) in [6.45, 7) is 0. The third-order valence-electron chi connectivity index (χ3n) is 1.47. The van der Waals surface area contributed by atoms with E-state index in [2.05, 4.69) is 41.6 Å². The first-order chi connectivity index (χ1) is 6.19. The predicted molar refractivity (Wildman–Crippen MR) is 55.9 cm³/mol. The molecule has 0 aliphatic rings. The Labute approximate surface area is 92.8 Å². The van der Waals surface area contributed by atoms with E-state index in [1.54, 1.807) is 6.07 Å². The van der Waals surface area contributed by atoms with E-state index in [0.717, 1.165) is 10.2 Å². The van der Waals surface area contributed by atoms with Gasteiger partial charge >= 0.3 is 5.97 Å². The molecule has 0 saturated carbocycles. The summed E-state index contributed by atoms with van der Waals surface area (Å²) in [7, 11) is 1.34. The van der Waals surface area contributed by atoms with Crippen LogP contribution in [0.1, 0.15) is 16.1 Å². The van der Waals surface area contributed by atoms with E-state index < -0.39 is 0 Å². The third kappa shape index (κ3) is 2.51. The number of rotatable bonds is 2. The monoisotopic (exact) mass is 307 g/mol. The molecule has 13 heavy (non-hydrogen) atoms. The van der Waals surface area contributed by atoms with Gasteiger partial charge in [0.1, 0.15) is 0 Å². The Hall–Kier alpha value is -0.420. The number of nitrogens with zero attached hydrogens (tertiary/aromatic N) is 1. The van der Waals surface area contributed by atoms with E-state index in [9.17, 15) is 4.79 Å². The fourth-order valence-electron chi connectivity index (χ4n) is 0.794. The molecule has 0 unspecified atom stereocenters. The van der Waals surface area contributed by atoms with Crippen LogP contribution < -0.4 is 0 Å². The van der Waals surface area contributed by atoms with Crippen LogP contribution in [0.15, 0.2) is 16.7 Å². The first-order valence-electron chi connectivity index (χ1n) is 3.47. The molecule has 0 N–H and O–H groups in total.